The summed E-state index contributed by atoms with van der Waals surface area (Å²) in [5.41, 5.74) is -0.183. The zero-order chi connectivity index (χ0) is 13.1. The molecule has 2 heterocycles. The number of hydrogen-bond donors (Lipinski definition) is 4. The van der Waals surface area contributed by atoms with Gasteiger partial charge in [-0.05, 0) is 13.5 Å². The number of hydrogen-bond acceptors (Lipinski definition) is 6. The largest absolute Gasteiger partial charge is 0.388 e. The minimum atomic E-state index is -0.876. The molecule has 2 aliphatic heterocycles. The van der Waals surface area contributed by atoms with Crippen molar-refractivity contribution in [1.82, 2.24) is 10.6 Å². The molecule has 0 aromatic rings. The summed E-state index contributed by atoms with van der Waals surface area (Å²) in [6, 6.07) is -0.284. The summed E-state index contributed by atoms with van der Waals surface area (Å²) in [6.45, 7) is 5.99. The average Bonchev–Trinajstić information content (AvgIpc) is 2.75. The number of aliphatic hydroxyl groups excluding tert-OH is 2. The van der Waals surface area contributed by atoms with E-state index in [1.807, 2.05) is 13.8 Å². The third-order valence-electron chi connectivity index (χ3n) is 3.12. The van der Waals surface area contributed by atoms with Crippen LogP contribution in [0.15, 0.2) is 4.99 Å². The minimum Gasteiger partial charge on any atom is -0.388 e. The lowest BCUT2D eigenvalue weighted by atomic mass is 9.98. The average molecular weight is 348 g/mol. The molecule has 2 saturated heterocycles. The molecule has 20 heavy (non-hydrogen) atoms. The molecular formula is C11H23Cl2N3O3S. The third-order valence-corrected chi connectivity index (χ3v) is 4.22. The van der Waals surface area contributed by atoms with Crippen LogP contribution in [0.25, 0.3) is 0 Å². The highest BCUT2D eigenvalue weighted by Gasteiger charge is 2.48. The number of amidine groups is 1. The van der Waals surface area contributed by atoms with Gasteiger partial charge in [-0.1, -0.05) is 18.7 Å². The van der Waals surface area contributed by atoms with E-state index in [1.54, 1.807) is 0 Å². The highest BCUT2D eigenvalue weighted by atomic mass is 35.5. The smallest absolute Gasteiger partial charge is 0.159 e. The Morgan fingerprint density at radius 1 is 1.30 bits per heavy atom. The second-order valence-corrected chi connectivity index (χ2v) is 5.49. The summed E-state index contributed by atoms with van der Waals surface area (Å²) in [7, 11) is 0. The molecule has 2 rings (SSSR count). The Morgan fingerprint density at radius 2 is 2.00 bits per heavy atom. The molecule has 0 radical (unpaired) electrons. The Morgan fingerprint density at radius 3 is 2.60 bits per heavy atom. The lowest BCUT2D eigenvalue weighted by Crippen LogP contribution is -2.60. The van der Waals surface area contributed by atoms with Gasteiger partial charge in [-0.2, -0.15) is 0 Å². The highest BCUT2D eigenvalue weighted by molar-refractivity contribution is 8.14. The van der Waals surface area contributed by atoms with Crippen LogP contribution < -0.4 is 10.6 Å². The van der Waals surface area contributed by atoms with Crippen molar-refractivity contribution in [3.8, 4) is 0 Å². The number of likely N-dealkylation sites (N-methyl/N-ethyl adjacent to an activating group) is 1. The predicted octanol–water partition coefficient (Wildman–Crippen LogP) is -0.0329. The van der Waals surface area contributed by atoms with Gasteiger partial charge in [0.05, 0.1) is 6.04 Å². The van der Waals surface area contributed by atoms with Gasteiger partial charge in [0.15, 0.2) is 5.17 Å². The van der Waals surface area contributed by atoms with Crippen molar-refractivity contribution in [2.24, 2.45) is 4.99 Å². The molecule has 0 aromatic heterocycles. The van der Waals surface area contributed by atoms with Crippen LogP contribution in [0.5, 0.6) is 0 Å². The fourth-order valence-electron chi connectivity index (χ4n) is 2.15. The number of rotatable bonds is 4. The van der Waals surface area contributed by atoms with Crippen molar-refractivity contribution in [1.29, 1.82) is 0 Å². The van der Waals surface area contributed by atoms with Gasteiger partial charge in [0.2, 0.25) is 0 Å². The van der Waals surface area contributed by atoms with Crippen molar-refractivity contribution < 1.29 is 14.9 Å². The highest BCUT2D eigenvalue weighted by Crippen LogP contribution is 2.33. The van der Waals surface area contributed by atoms with Gasteiger partial charge in [0.1, 0.15) is 23.7 Å². The van der Waals surface area contributed by atoms with E-state index in [4.69, 9.17) is 4.74 Å². The van der Waals surface area contributed by atoms with E-state index in [0.29, 0.717) is 13.1 Å². The molecule has 0 aliphatic carbocycles. The standard InChI is InChI=1S/C11H21N3O3S.2ClH/c1-3-12-5-6-8(15)9(16)7-10(17-6)18-11(14-7)13-4-2;;/h6-10,12,15-16H,3-5H2,1-2H3,(H,13,14);2*1H/t6-,7-,8-,9-,10-;;/m1../s1. The first-order valence-corrected chi connectivity index (χ1v) is 7.25. The van der Waals surface area contributed by atoms with Crippen molar-refractivity contribution >= 4 is 41.7 Å². The van der Waals surface area contributed by atoms with E-state index < -0.39 is 12.2 Å². The third kappa shape index (κ3) is 4.37. The number of halogens is 2. The quantitative estimate of drug-likeness (QED) is 0.571. The normalized spacial score (nSPS) is 37.6. The molecule has 120 valence electrons. The van der Waals surface area contributed by atoms with Crippen molar-refractivity contribution in [2.75, 3.05) is 19.6 Å². The SMILES string of the molecule is CCN=C1N[C@@H]2[C@@H](O)[C@H](O)[C@@H](CNCC)O[C@@H]2S1.Cl.Cl. The van der Waals surface area contributed by atoms with Gasteiger partial charge >= 0.3 is 0 Å². The van der Waals surface area contributed by atoms with Gasteiger partial charge in [0.25, 0.3) is 0 Å². The summed E-state index contributed by atoms with van der Waals surface area (Å²) < 4.78 is 5.82. The Bertz CT molecular complexity index is 325. The molecule has 9 heteroatoms. The summed E-state index contributed by atoms with van der Waals surface area (Å²) in [4.78, 5) is 4.27. The summed E-state index contributed by atoms with van der Waals surface area (Å²) >= 11 is 1.48. The second-order valence-electron chi connectivity index (χ2n) is 4.40. The van der Waals surface area contributed by atoms with Crippen LogP contribution in [-0.4, -0.2) is 64.8 Å². The van der Waals surface area contributed by atoms with E-state index >= 15 is 0 Å². The molecule has 4 N–H and O–H groups in total. The van der Waals surface area contributed by atoms with E-state index in [-0.39, 0.29) is 42.4 Å². The van der Waals surface area contributed by atoms with E-state index in [9.17, 15) is 10.2 Å². The predicted molar refractivity (Wildman–Crippen MR) is 86.2 cm³/mol. The fourth-order valence-corrected chi connectivity index (χ4v) is 3.36. The number of nitrogens with zero attached hydrogens (tertiary/aromatic N) is 1. The lowest BCUT2D eigenvalue weighted by molar-refractivity contribution is -0.153. The summed E-state index contributed by atoms with van der Waals surface area (Å²) in [5, 5.41) is 27.2. The molecule has 0 bridgehead atoms. The number of aliphatic imine (C=N–C) groups is 1. The molecule has 6 nitrogen and oxygen atoms in total. The van der Waals surface area contributed by atoms with Crippen LogP contribution in [0.2, 0.25) is 0 Å². The first-order chi connectivity index (χ1) is 8.67. The molecule has 0 spiro atoms. The Labute approximate surface area is 136 Å². The molecule has 0 amide bonds. The molecular weight excluding hydrogens is 325 g/mol. The van der Waals surface area contributed by atoms with Crippen molar-refractivity contribution in [2.45, 2.75) is 43.6 Å². The Hall–Kier alpha value is 0.240. The minimum absolute atomic E-state index is 0. The number of nitrogens with one attached hydrogen (secondary N) is 2. The fraction of sp³-hybridized carbons (Fsp3) is 0.909. The maximum atomic E-state index is 10.1. The van der Waals surface area contributed by atoms with Crippen LogP contribution in [0.1, 0.15) is 13.8 Å². The molecule has 5 atom stereocenters. The molecule has 0 unspecified atom stereocenters. The monoisotopic (exact) mass is 347 g/mol. The van der Waals surface area contributed by atoms with Crippen LogP contribution in [0, 0.1) is 0 Å². The maximum Gasteiger partial charge on any atom is 0.159 e. The number of thioether (sulfide) groups is 1. The van der Waals surface area contributed by atoms with Crippen molar-refractivity contribution in [3.63, 3.8) is 0 Å². The number of aliphatic hydroxyl groups is 2. The summed E-state index contributed by atoms with van der Waals surface area (Å²) in [5.74, 6) is 0. The molecule has 0 aromatic carbocycles. The molecule has 2 fully saturated rings. The topological polar surface area (TPSA) is 86.1 Å². The van der Waals surface area contributed by atoms with E-state index in [2.05, 4.69) is 15.6 Å². The zero-order valence-electron chi connectivity index (χ0n) is 11.5. The first-order valence-electron chi connectivity index (χ1n) is 6.37. The van der Waals surface area contributed by atoms with Crippen LogP contribution in [-0.2, 0) is 4.74 Å². The van der Waals surface area contributed by atoms with Crippen molar-refractivity contribution in [3.05, 3.63) is 0 Å². The van der Waals surface area contributed by atoms with E-state index in [1.165, 1.54) is 11.8 Å². The Balaban J connectivity index is 0.00000180. The summed E-state index contributed by atoms with van der Waals surface area (Å²) in [6.07, 6.45) is -2.08. The second kappa shape index (κ2) is 9.30. The maximum absolute atomic E-state index is 10.1. The zero-order valence-corrected chi connectivity index (χ0v) is 13.9. The molecule has 0 saturated carbocycles. The van der Waals surface area contributed by atoms with E-state index in [0.717, 1.165) is 11.7 Å². The van der Waals surface area contributed by atoms with Crippen LogP contribution in [0.4, 0.5) is 0 Å². The molecule has 2 aliphatic rings. The first kappa shape index (κ1) is 20.2. The van der Waals surface area contributed by atoms with Gasteiger partial charge in [-0.3, -0.25) is 4.99 Å². The number of fused-ring (bicyclic) bond motifs is 1. The van der Waals surface area contributed by atoms with Gasteiger partial charge in [-0.15, -0.1) is 24.8 Å². The Kier molecular flexibility index (Phi) is 9.41. The van der Waals surface area contributed by atoms with Crippen LogP contribution >= 0.6 is 36.6 Å². The van der Waals surface area contributed by atoms with Crippen LogP contribution in [0.3, 0.4) is 0 Å². The number of ether oxygens (including phenoxy) is 1. The van der Waals surface area contributed by atoms with Gasteiger partial charge in [0, 0.05) is 13.1 Å². The van der Waals surface area contributed by atoms with Gasteiger partial charge < -0.3 is 25.6 Å². The van der Waals surface area contributed by atoms with Gasteiger partial charge in [-0.25, -0.2) is 0 Å². The lowest BCUT2D eigenvalue weighted by Gasteiger charge is -2.39.